The zero-order valence-electron chi connectivity index (χ0n) is 14.4. The normalized spacial score (nSPS) is 28.2. The van der Waals surface area contributed by atoms with E-state index in [0.29, 0.717) is 12.3 Å². The monoisotopic (exact) mass is 349 g/mol. The van der Waals surface area contributed by atoms with E-state index in [1.165, 1.54) is 0 Å². The van der Waals surface area contributed by atoms with Gasteiger partial charge in [-0.1, -0.05) is 0 Å². The second-order valence-electron chi connectivity index (χ2n) is 7.55. The first-order chi connectivity index (χ1) is 11.7. The molecule has 7 nitrogen and oxygen atoms in total. The van der Waals surface area contributed by atoms with E-state index in [4.69, 9.17) is 9.47 Å². The highest BCUT2D eigenvalue weighted by Gasteiger charge is 2.55. The van der Waals surface area contributed by atoms with Gasteiger partial charge in [0.2, 0.25) is 17.6 Å². The van der Waals surface area contributed by atoms with Crippen LogP contribution >= 0.6 is 0 Å². The molecule has 1 saturated carbocycles. The lowest BCUT2D eigenvalue weighted by Crippen LogP contribution is -2.26. The number of rotatable bonds is 4. The number of nitrogens with zero attached hydrogens (tertiary/aromatic N) is 3. The third-order valence-corrected chi connectivity index (χ3v) is 5.17. The number of aromatic carboxylic acids is 1. The van der Waals surface area contributed by atoms with Crippen LogP contribution in [-0.4, -0.2) is 43.8 Å². The molecule has 4 rings (SSSR count). The lowest BCUT2D eigenvalue weighted by atomic mass is 9.84. The Labute approximate surface area is 143 Å². The Morgan fingerprint density at radius 1 is 1.44 bits per heavy atom. The highest BCUT2D eigenvalue weighted by molar-refractivity contribution is 5.90. The lowest BCUT2D eigenvalue weighted by molar-refractivity contribution is -0.00627. The van der Waals surface area contributed by atoms with Crippen LogP contribution in [0.2, 0.25) is 0 Å². The SMILES string of the molecule is CC(C)Oc1nc2nc([C@]34CC[C@](C)(C3)OC4)cn2c(F)c1C(=O)O. The molecule has 2 bridgehead atoms. The van der Waals surface area contributed by atoms with Crippen molar-refractivity contribution in [3.8, 4) is 5.88 Å². The number of carbonyl (C=O) groups is 1. The molecule has 0 radical (unpaired) electrons. The van der Waals surface area contributed by atoms with Gasteiger partial charge in [0.15, 0.2) is 5.56 Å². The van der Waals surface area contributed by atoms with Gasteiger partial charge in [0.25, 0.3) is 0 Å². The quantitative estimate of drug-likeness (QED) is 0.854. The number of hydrogen-bond donors (Lipinski definition) is 1. The van der Waals surface area contributed by atoms with Gasteiger partial charge in [-0.25, -0.2) is 9.78 Å². The molecule has 25 heavy (non-hydrogen) atoms. The highest BCUT2D eigenvalue weighted by Crippen LogP contribution is 2.53. The van der Waals surface area contributed by atoms with Crippen molar-refractivity contribution in [3.05, 3.63) is 23.4 Å². The molecule has 8 heteroatoms. The molecule has 0 aromatic carbocycles. The van der Waals surface area contributed by atoms with E-state index in [1.54, 1.807) is 20.0 Å². The van der Waals surface area contributed by atoms with Gasteiger partial charge in [-0.2, -0.15) is 9.37 Å². The summed E-state index contributed by atoms with van der Waals surface area (Å²) in [5.41, 5.74) is -0.295. The summed E-state index contributed by atoms with van der Waals surface area (Å²) in [5, 5.41) is 9.36. The molecule has 1 aliphatic carbocycles. The average Bonchev–Trinajstić information content (AvgIpc) is 3.16. The molecule has 2 aromatic heterocycles. The molecule has 2 fully saturated rings. The van der Waals surface area contributed by atoms with Crippen molar-refractivity contribution in [2.75, 3.05) is 6.61 Å². The summed E-state index contributed by atoms with van der Waals surface area (Å²) in [6, 6.07) is 0. The van der Waals surface area contributed by atoms with Crippen LogP contribution in [0, 0.1) is 5.95 Å². The Morgan fingerprint density at radius 2 is 2.20 bits per heavy atom. The second kappa shape index (κ2) is 5.14. The van der Waals surface area contributed by atoms with Crippen molar-refractivity contribution >= 4 is 11.7 Å². The molecule has 0 amide bonds. The fourth-order valence-electron chi connectivity index (χ4n) is 3.94. The first-order valence-corrected chi connectivity index (χ1v) is 8.36. The number of imidazole rings is 1. The Hall–Kier alpha value is -2.22. The molecule has 2 aromatic rings. The largest absolute Gasteiger partial charge is 0.477 e. The van der Waals surface area contributed by atoms with Crippen molar-refractivity contribution in [1.82, 2.24) is 14.4 Å². The minimum atomic E-state index is -1.42. The molecule has 2 aliphatic rings. The maximum Gasteiger partial charge on any atom is 0.345 e. The standard InChI is InChI=1S/C17H20FN3O4/c1-9(2)25-13-11(14(22)23)12(18)21-6-10(19-15(21)20-13)17-5-4-16(3,7-17)24-8-17/h6,9H,4-5,7-8H2,1-3H3,(H,22,23)/t16-,17-/m1/s1. The minimum Gasteiger partial charge on any atom is -0.477 e. The second-order valence-corrected chi connectivity index (χ2v) is 7.55. The zero-order valence-corrected chi connectivity index (χ0v) is 14.4. The maximum absolute atomic E-state index is 14.8. The third-order valence-electron chi connectivity index (χ3n) is 5.17. The van der Waals surface area contributed by atoms with E-state index in [9.17, 15) is 14.3 Å². The number of hydrogen-bond acceptors (Lipinski definition) is 5. The Kier molecular flexibility index (Phi) is 3.34. The molecular weight excluding hydrogens is 329 g/mol. The van der Waals surface area contributed by atoms with E-state index in [1.807, 2.05) is 0 Å². The molecule has 134 valence electrons. The molecule has 3 heterocycles. The smallest absolute Gasteiger partial charge is 0.345 e. The van der Waals surface area contributed by atoms with E-state index in [-0.39, 0.29) is 28.8 Å². The number of aromatic nitrogens is 3. The van der Waals surface area contributed by atoms with E-state index in [2.05, 4.69) is 16.9 Å². The third kappa shape index (κ3) is 2.38. The van der Waals surface area contributed by atoms with E-state index >= 15 is 0 Å². The van der Waals surface area contributed by atoms with Crippen molar-refractivity contribution in [1.29, 1.82) is 0 Å². The molecule has 2 atom stereocenters. The first-order valence-electron chi connectivity index (χ1n) is 8.36. The molecule has 1 saturated heterocycles. The maximum atomic E-state index is 14.8. The summed E-state index contributed by atoms with van der Waals surface area (Å²) in [5.74, 6) is -2.50. The van der Waals surface area contributed by atoms with Crippen LogP contribution in [0.1, 0.15) is 56.1 Å². The Balaban J connectivity index is 1.86. The summed E-state index contributed by atoms with van der Waals surface area (Å²) < 4.78 is 27.2. The van der Waals surface area contributed by atoms with Gasteiger partial charge in [0, 0.05) is 11.6 Å². The predicted molar refractivity (Wildman–Crippen MR) is 85.6 cm³/mol. The summed E-state index contributed by atoms with van der Waals surface area (Å²) in [6.45, 7) is 6.06. The Morgan fingerprint density at radius 3 is 2.72 bits per heavy atom. The van der Waals surface area contributed by atoms with Crippen molar-refractivity contribution in [2.45, 2.75) is 57.2 Å². The van der Waals surface area contributed by atoms with Crippen LogP contribution in [0.5, 0.6) is 5.88 Å². The average molecular weight is 349 g/mol. The van der Waals surface area contributed by atoms with Gasteiger partial charge in [0.05, 0.1) is 24.0 Å². The number of carboxylic acid groups (broad SMARTS) is 1. The van der Waals surface area contributed by atoms with Gasteiger partial charge >= 0.3 is 5.97 Å². The van der Waals surface area contributed by atoms with Crippen molar-refractivity contribution in [3.63, 3.8) is 0 Å². The first kappa shape index (κ1) is 16.3. The van der Waals surface area contributed by atoms with Gasteiger partial charge in [-0.3, -0.25) is 4.40 Å². The molecule has 0 spiro atoms. The van der Waals surface area contributed by atoms with Gasteiger partial charge in [-0.05, 0) is 40.0 Å². The minimum absolute atomic E-state index is 0.100. The van der Waals surface area contributed by atoms with Crippen LogP contribution in [-0.2, 0) is 10.2 Å². The Bertz CT molecular complexity index is 868. The van der Waals surface area contributed by atoms with Crippen LogP contribution in [0.3, 0.4) is 0 Å². The summed E-state index contributed by atoms with van der Waals surface area (Å²) in [6.07, 6.45) is 3.88. The molecule has 1 aliphatic heterocycles. The van der Waals surface area contributed by atoms with Crippen LogP contribution in [0.15, 0.2) is 6.20 Å². The van der Waals surface area contributed by atoms with Crippen molar-refractivity contribution in [2.24, 2.45) is 0 Å². The number of ether oxygens (including phenoxy) is 2. The van der Waals surface area contributed by atoms with E-state index in [0.717, 1.165) is 23.7 Å². The van der Waals surface area contributed by atoms with Gasteiger partial charge < -0.3 is 14.6 Å². The van der Waals surface area contributed by atoms with Crippen LogP contribution in [0.25, 0.3) is 5.78 Å². The number of carboxylic acids is 1. The summed E-state index contributed by atoms with van der Waals surface area (Å²) in [7, 11) is 0. The highest BCUT2D eigenvalue weighted by atomic mass is 19.1. The summed E-state index contributed by atoms with van der Waals surface area (Å²) >= 11 is 0. The predicted octanol–water partition coefficient (Wildman–Crippen LogP) is 2.56. The topological polar surface area (TPSA) is 86.0 Å². The fourth-order valence-corrected chi connectivity index (χ4v) is 3.94. The van der Waals surface area contributed by atoms with Gasteiger partial charge in [0.1, 0.15) is 0 Å². The van der Waals surface area contributed by atoms with Crippen LogP contribution < -0.4 is 4.74 Å². The number of halogens is 1. The van der Waals surface area contributed by atoms with Crippen LogP contribution in [0.4, 0.5) is 4.39 Å². The molecule has 1 N–H and O–H groups in total. The summed E-state index contributed by atoms with van der Waals surface area (Å²) in [4.78, 5) is 20.1. The van der Waals surface area contributed by atoms with E-state index < -0.39 is 17.5 Å². The fraction of sp³-hybridized carbons (Fsp3) is 0.588. The molecule has 0 unspecified atom stereocenters. The zero-order chi connectivity index (χ0) is 18.0. The molecular formula is C17H20FN3O4. The number of fused-ring (bicyclic) bond motifs is 3. The van der Waals surface area contributed by atoms with Crippen molar-refractivity contribution < 1.29 is 23.8 Å². The van der Waals surface area contributed by atoms with Gasteiger partial charge in [-0.15, -0.1) is 0 Å². The lowest BCUT2D eigenvalue weighted by Gasteiger charge is -2.24.